The van der Waals surface area contributed by atoms with Gasteiger partial charge in [0.1, 0.15) is 0 Å². The number of hydrogen-bond acceptors (Lipinski definition) is 4. The predicted octanol–water partition coefficient (Wildman–Crippen LogP) is 2.18. The molecule has 2 heterocycles. The fourth-order valence-electron chi connectivity index (χ4n) is 2.40. The van der Waals surface area contributed by atoms with Gasteiger partial charge in [-0.15, -0.1) is 5.10 Å². The Labute approximate surface area is 133 Å². The fraction of sp³-hybridized carbons (Fsp3) is 0.250. The van der Waals surface area contributed by atoms with Gasteiger partial charge in [0, 0.05) is 13.2 Å². The maximum absolute atomic E-state index is 12.4. The van der Waals surface area contributed by atoms with Crippen LogP contribution in [0.5, 0.6) is 0 Å². The topological polar surface area (TPSA) is 77.6 Å². The van der Waals surface area contributed by atoms with E-state index >= 15 is 0 Å². The van der Waals surface area contributed by atoms with E-state index in [9.17, 15) is 4.79 Å². The molecular formula is C16H18N6O. The SMILES string of the molecule is Cc1ccc(-n2nc(C)c(C(=O)Nc3cnn(C)c3)n2)c(C)c1. The number of nitrogens with one attached hydrogen (secondary N) is 1. The number of nitrogens with zero attached hydrogens (tertiary/aromatic N) is 5. The smallest absolute Gasteiger partial charge is 0.278 e. The number of carbonyl (C=O) groups excluding carboxylic acids is 1. The average molecular weight is 310 g/mol. The number of anilines is 1. The minimum atomic E-state index is -0.300. The highest BCUT2D eigenvalue weighted by molar-refractivity contribution is 6.03. The summed E-state index contributed by atoms with van der Waals surface area (Å²) < 4.78 is 1.62. The van der Waals surface area contributed by atoms with E-state index in [-0.39, 0.29) is 5.91 Å². The van der Waals surface area contributed by atoms with E-state index in [1.54, 1.807) is 31.0 Å². The van der Waals surface area contributed by atoms with Crippen molar-refractivity contribution in [3.05, 3.63) is 53.1 Å². The van der Waals surface area contributed by atoms with Crippen LogP contribution in [0.15, 0.2) is 30.6 Å². The van der Waals surface area contributed by atoms with Crippen molar-refractivity contribution >= 4 is 11.6 Å². The minimum absolute atomic E-state index is 0.300. The molecule has 0 aliphatic rings. The Morgan fingerprint density at radius 1 is 1.17 bits per heavy atom. The molecule has 0 saturated heterocycles. The van der Waals surface area contributed by atoms with Crippen LogP contribution in [-0.4, -0.2) is 30.7 Å². The lowest BCUT2D eigenvalue weighted by molar-refractivity contribution is 0.102. The van der Waals surface area contributed by atoms with Crippen molar-refractivity contribution in [3.8, 4) is 5.69 Å². The zero-order valence-corrected chi connectivity index (χ0v) is 13.5. The van der Waals surface area contributed by atoms with E-state index in [4.69, 9.17) is 0 Å². The van der Waals surface area contributed by atoms with Gasteiger partial charge in [-0.2, -0.15) is 15.0 Å². The average Bonchev–Trinajstić information content (AvgIpc) is 3.05. The fourth-order valence-corrected chi connectivity index (χ4v) is 2.40. The first-order chi connectivity index (χ1) is 10.9. The summed E-state index contributed by atoms with van der Waals surface area (Å²) in [5.41, 5.74) is 4.58. The zero-order chi connectivity index (χ0) is 16.6. The molecule has 0 atom stereocenters. The number of carbonyl (C=O) groups is 1. The largest absolute Gasteiger partial charge is 0.318 e. The van der Waals surface area contributed by atoms with Crippen molar-refractivity contribution in [3.63, 3.8) is 0 Å². The van der Waals surface area contributed by atoms with Crippen molar-refractivity contribution in [2.24, 2.45) is 7.05 Å². The molecule has 3 rings (SSSR count). The van der Waals surface area contributed by atoms with Gasteiger partial charge in [-0.1, -0.05) is 17.7 Å². The molecule has 1 aromatic carbocycles. The Morgan fingerprint density at radius 3 is 2.61 bits per heavy atom. The maximum atomic E-state index is 12.4. The molecule has 0 saturated carbocycles. The Kier molecular flexibility index (Phi) is 3.69. The van der Waals surface area contributed by atoms with Gasteiger partial charge >= 0.3 is 0 Å². The van der Waals surface area contributed by atoms with Crippen molar-refractivity contribution in [1.82, 2.24) is 24.8 Å². The van der Waals surface area contributed by atoms with E-state index in [0.717, 1.165) is 11.3 Å². The van der Waals surface area contributed by atoms with Gasteiger partial charge in [-0.25, -0.2) is 0 Å². The molecule has 0 bridgehead atoms. The molecule has 0 fully saturated rings. The van der Waals surface area contributed by atoms with Gasteiger partial charge < -0.3 is 5.32 Å². The predicted molar refractivity (Wildman–Crippen MR) is 86.7 cm³/mol. The van der Waals surface area contributed by atoms with Crippen molar-refractivity contribution in [2.75, 3.05) is 5.32 Å². The molecule has 7 heteroatoms. The molecule has 1 amide bonds. The maximum Gasteiger partial charge on any atom is 0.278 e. The Bertz CT molecular complexity index is 877. The lowest BCUT2D eigenvalue weighted by Gasteiger charge is -2.04. The van der Waals surface area contributed by atoms with Gasteiger partial charge in [0.15, 0.2) is 5.69 Å². The third-order valence-electron chi connectivity index (χ3n) is 3.53. The van der Waals surface area contributed by atoms with Crippen molar-refractivity contribution in [1.29, 1.82) is 0 Å². The van der Waals surface area contributed by atoms with Crippen LogP contribution in [0.25, 0.3) is 5.69 Å². The van der Waals surface area contributed by atoms with Crippen LogP contribution in [0.2, 0.25) is 0 Å². The van der Waals surface area contributed by atoms with Crippen LogP contribution in [0.3, 0.4) is 0 Å². The summed E-state index contributed by atoms with van der Waals surface area (Å²) >= 11 is 0. The van der Waals surface area contributed by atoms with Crippen LogP contribution in [0.1, 0.15) is 27.3 Å². The first-order valence-electron chi connectivity index (χ1n) is 7.25. The van der Waals surface area contributed by atoms with E-state index in [1.165, 1.54) is 10.4 Å². The Hall–Kier alpha value is -2.96. The van der Waals surface area contributed by atoms with Crippen LogP contribution < -0.4 is 5.32 Å². The van der Waals surface area contributed by atoms with Crippen molar-refractivity contribution < 1.29 is 4.79 Å². The van der Waals surface area contributed by atoms with E-state index < -0.39 is 0 Å². The molecule has 0 spiro atoms. The molecule has 1 N–H and O–H groups in total. The molecule has 118 valence electrons. The summed E-state index contributed by atoms with van der Waals surface area (Å²) in [4.78, 5) is 13.9. The number of aryl methyl sites for hydroxylation is 4. The highest BCUT2D eigenvalue weighted by atomic mass is 16.2. The van der Waals surface area contributed by atoms with Gasteiger partial charge in [-0.3, -0.25) is 9.48 Å². The lowest BCUT2D eigenvalue weighted by atomic mass is 10.1. The molecule has 0 unspecified atom stereocenters. The second-order valence-corrected chi connectivity index (χ2v) is 5.57. The molecule has 2 aromatic heterocycles. The highest BCUT2D eigenvalue weighted by Gasteiger charge is 2.17. The summed E-state index contributed by atoms with van der Waals surface area (Å²) in [7, 11) is 1.79. The number of aromatic nitrogens is 5. The van der Waals surface area contributed by atoms with Crippen LogP contribution in [-0.2, 0) is 7.05 Å². The summed E-state index contributed by atoms with van der Waals surface area (Å²) in [5.74, 6) is -0.300. The molecular weight excluding hydrogens is 292 g/mol. The van der Waals surface area contributed by atoms with Crippen LogP contribution in [0.4, 0.5) is 5.69 Å². The Balaban J connectivity index is 1.90. The number of rotatable bonds is 3. The third kappa shape index (κ3) is 2.98. The van der Waals surface area contributed by atoms with Gasteiger partial charge in [0.05, 0.1) is 23.3 Å². The van der Waals surface area contributed by atoms with Crippen LogP contribution >= 0.6 is 0 Å². The molecule has 0 aliphatic heterocycles. The molecule has 7 nitrogen and oxygen atoms in total. The summed E-state index contributed by atoms with van der Waals surface area (Å²) in [5, 5.41) is 15.5. The van der Waals surface area contributed by atoms with E-state index in [1.807, 2.05) is 26.0 Å². The van der Waals surface area contributed by atoms with Gasteiger partial charge in [0.25, 0.3) is 5.91 Å². The standard InChI is InChI=1S/C16H18N6O/c1-10-5-6-14(11(2)7-10)22-19-12(3)15(20-22)16(23)18-13-8-17-21(4)9-13/h5-9H,1-4H3,(H,18,23). The first kappa shape index (κ1) is 15.0. The van der Waals surface area contributed by atoms with Crippen molar-refractivity contribution in [2.45, 2.75) is 20.8 Å². The molecule has 0 radical (unpaired) electrons. The first-order valence-corrected chi connectivity index (χ1v) is 7.25. The van der Waals surface area contributed by atoms with Crippen LogP contribution in [0, 0.1) is 20.8 Å². The van der Waals surface area contributed by atoms with Gasteiger partial charge in [-0.05, 0) is 32.4 Å². The molecule has 23 heavy (non-hydrogen) atoms. The normalized spacial score (nSPS) is 10.8. The number of benzene rings is 1. The van der Waals surface area contributed by atoms with E-state index in [2.05, 4.69) is 26.7 Å². The molecule has 3 aromatic rings. The zero-order valence-electron chi connectivity index (χ0n) is 13.5. The Morgan fingerprint density at radius 2 is 1.96 bits per heavy atom. The lowest BCUT2D eigenvalue weighted by Crippen LogP contribution is -2.14. The van der Waals surface area contributed by atoms with Gasteiger partial charge in [0.2, 0.25) is 0 Å². The highest BCUT2D eigenvalue weighted by Crippen LogP contribution is 2.16. The second kappa shape index (κ2) is 5.68. The second-order valence-electron chi connectivity index (χ2n) is 5.57. The van der Waals surface area contributed by atoms with E-state index in [0.29, 0.717) is 17.1 Å². The summed E-state index contributed by atoms with van der Waals surface area (Å²) in [6, 6.07) is 6.01. The molecule has 0 aliphatic carbocycles. The number of amides is 1. The minimum Gasteiger partial charge on any atom is -0.318 e. The number of hydrogen-bond donors (Lipinski definition) is 1. The quantitative estimate of drug-likeness (QED) is 0.804. The summed E-state index contributed by atoms with van der Waals surface area (Å²) in [6.07, 6.45) is 3.31. The third-order valence-corrected chi connectivity index (χ3v) is 3.53. The monoisotopic (exact) mass is 310 g/mol. The summed E-state index contributed by atoms with van der Waals surface area (Å²) in [6.45, 7) is 5.80.